The van der Waals surface area contributed by atoms with Crippen molar-refractivity contribution in [3.8, 4) is 6.07 Å². The van der Waals surface area contributed by atoms with E-state index in [-0.39, 0.29) is 5.82 Å². The molecule has 1 N–H and O–H groups in total. The van der Waals surface area contributed by atoms with Gasteiger partial charge in [0.25, 0.3) is 0 Å². The maximum Gasteiger partial charge on any atom is 0.131 e. The number of aromatic amines is 1. The zero-order valence-electron chi connectivity index (χ0n) is 10.6. The van der Waals surface area contributed by atoms with Crippen LogP contribution in [-0.4, -0.2) is 4.98 Å². The first-order chi connectivity index (χ1) is 9.79. The van der Waals surface area contributed by atoms with Gasteiger partial charge in [0.1, 0.15) is 5.82 Å². The van der Waals surface area contributed by atoms with Gasteiger partial charge in [0.05, 0.1) is 11.6 Å². The molecule has 96 valence electrons. The Morgan fingerprint density at radius 1 is 1.10 bits per heavy atom. The van der Waals surface area contributed by atoms with E-state index < -0.39 is 0 Å². The number of allylic oxidation sites excluding steroid dienone is 1. The molecule has 0 aliphatic heterocycles. The molecular weight excluding hydrogens is 251 g/mol. The van der Waals surface area contributed by atoms with Gasteiger partial charge in [-0.1, -0.05) is 36.4 Å². The lowest BCUT2D eigenvalue weighted by Crippen LogP contribution is -1.87. The van der Waals surface area contributed by atoms with Gasteiger partial charge >= 0.3 is 0 Å². The molecule has 0 radical (unpaired) electrons. The molecular formula is C17H11FN2. The summed E-state index contributed by atoms with van der Waals surface area (Å²) in [6.45, 7) is 0. The second-order valence-electron chi connectivity index (χ2n) is 4.44. The summed E-state index contributed by atoms with van der Waals surface area (Å²) in [4.78, 5) is 3.14. The van der Waals surface area contributed by atoms with Crippen molar-refractivity contribution >= 4 is 22.6 Å². The highest BCUT2D eigenvalue weighted by Gasteiger charge is 2.08. The SMILES string of the molecule is N#C/C(=C/c1c[nH]c2ccccc12)c1ccccc1F. The Balaban J connectivity index is 2.15. The van der Waals surface area contributed by atoms with Gasteiger partial charge in [-0.05, 0) is 18.2 Å². The number of nitrogens with one attached hydrogen (secondary N) is 1. The number of hydrogen-bond acceptors (Lipinski definition) is 1. The van der Waals surface area contributed by atoms with E-state index in [4.69, 9.17) is 0 Å². The predicted molar refractivity (Wildman–Crippen MR) is 78.2 cm³/mol. The van der Waals surface area contributed by atoms with Gasteiger partial charge in [0.2, 0.25) is 0 Å². The van der Waals surface area contributed by atoms with Crippen LogP contribution in [0.25, 0.3) is 22.6 Å². The van der Waals surface area contributed by atoms with Crippen molar-refractivity contribution in [2.45, 2.75) is 0 Å². The van der Waals surface area contributed by atoms with Gasteiger partial charge in [0, 0.05) is 28.2 Å². The molecule has 0 bridgehead atoms. The molecule has 0 aliphatic carbocycles. The summed E-state index contributed by atoms with van der Waals surface area (Å²) in [7, 11) is 0. The fourth-order valence-electron chi connectivity index (χ4n) is 2.22. The fourth-order valence-corrected chi connectivity index (χ4v) is 2.22. The van der Waals surface area contributed by atoms with Crippen molar-refractivity contribution in [3.63, 3.8) is 0 Å². The topological polar surface area (TPSA) is 39.6 Å². The smallest absolute Gasteiger partial charge is 0.131 e. The van der Waals surface area contributed by atoms with Crippen LogP contribution in [0.5, 0.6) is 0 Å². The number of nitrogens with zero attached hydrogens (tertiary/aromatic N) is 1. The first-order valence-electron chi connectivity index (χ1n) is 6.22. The Kier molecular flexibility index (Phi) is 3.06. The molecule has 0 fully saturated rings. The molecule has 2 aromatic carbocycles. The molecule has 0 spiro atoms. The van der Waals surface area contributed by atoms with Crippen molar-refractivity contribution in [1.82, 2.24) is 4.98 Å². The first-order valence-corrected chi connectivity index (χ1v) is 6.22. The van der Waals surface area contributed by atoms with E-state index in [1.807, 2.05) is 30.5 Å². The van der Waals surface area contributed by atoms with E-state index in [1.54, 1.807) is 24.3 Å². The fraction of sp³-hybridized carbons (Fsp3) is 0. The minimum atomic E-state index is -0.389. The Bertz CT molecular complexity index is 837. The molecule has 3 rings (SSSR count). The van der Waals surface area contributed by atoms with E-state index in [1.165, 1.54) is 6.07 Å². The zero-order chi connectivity index (χ0) is 13.9. The highest BCUT2D eigenvalue weighted by Crippen LogP contribution is 2.24. The lowest BCUT2D eigenvalue weighted by molar-refractivity contribution is 0.624. The van der Waals surface area contributed by atoms with Crippen LogP contribution >= 0.6 is 0 Å². The van der Waals surface area contributed by atoms with Crippen LogP contribution in [0, 0.1) is 17.1 Å². The zero-order valence-corrected chi connectivity index (χ0v) is 10.6. The van der Waals surface area contributed by atoms with Crippen molar-refractivity contribution < 1.29 is 4.39 Å². The van der Waals surface area contributed by atoms with Crippen LogP contribution in [0.4, 0.5) is 4.39 Å². The van der Waals surface area contributed by atoms with Crippen LogP contribution in [0.3, 0.4) is 0 Å². The quantitative estimate of drug-likeness (QED) is 0.684. The highest BCUT2D eigenvalue weighted by molar-refractivity contribution is 5.97. The molecule has 0 saturated heterocycles. The van der Waals surface area contributed by atoms with Gasteiger partial charge in [-0.3, -0.25) is 0 Å². The monoisotopic (exact) mass is 262 g/mol. The summed E-state index contributed by atoms with van der Waals surface area (Å²) < 4.78 is 13.8. The van der Waals surface area contributed by atoms with Crippen LogP contribution < -0.4 is 0 Å². The molecule has 0 saturated carbocycles. The third-order valence-corrected chi connectivity index (χ3v) is 3.21. The maximum absolute atomic E-state index is 13.8. The summed E-state index contributed by atoms with van der Waals surface area (Å²) >= 11 is 0. The van der Waals surface area contributed by atoms with Crippen molar-refractivity contribution in [3.05, 3.63) is 71.7 Å². The number of rotatable bonds is 2. The van der Waals surface area contributed by atoms with Crippen molar-refractivity contribution in [1.29, 1.82) is 5.26 Å². The lowest BCUT2D eigenvalue weighted by Gasteiger charge is -2.00. The molecule has 20 heavy (non-hydrogen) atoms. The Hall–Kier alpha value is -2.86. The van der Waals surface area contributed by atoms with Crippen molar-refractivity contribution in [2.24, 2.45) is 0 Å². The minimum Gasteiger partial charge on any atom is -0.361 e. The molecule has 3 aromatic rings. The maximum atomic E-state index is 13.8. The number of aromatic nitrogens is 1. The van der Waals surface area contributed by atoms with Gasteiger partial charge in [-0.15, -0.1) is 0 Å². The summed E-state index contributed by atoms with van der Waals surface area (Å²) in [5, 5.41) is 10.3. The van der Waals surface area contributed by atoms with Gasteiger partial charge in [0.15, 0.2) is 0 Å². The second-order valence-corrected chi connectivity index (χ2v) is 4.44. The van der Waals surface area contributed by atoms with Gasteiger partial charge in [-0.25, -0.2) is 4.39 Å². The number of hydrogen-bond donors (Lipinski definition) is 1. The third-order valence-electron chi connectivity index (χ3n) is 3.21. The lowest BCUT2D eigenvalue weighted by atomic mass is 10.0. The summed E-state index contributed by atoms with van der Waals surface area (Å²) in [5.74, 6) is -0.389. The number of nitriles is 1. The van der Waals surface area contributed by atoms with Crippen LogP contribution in [0.2, 0.25) is 0 Å². The Morgan fingerprint density at radius 3 is 2.65 bits per heavy atom. The molecule has 0 amide bonds. The number of H-pyrrole nitrogens is 1. The third kappa shape index (κ3) is 2.08. The molecule has 3 heteroatoms. The predicted octanol–water partition coefficient (Wildman–Crippen LogP) is 4.37. The average Bonchev–Trinajstić information content (AvgIpc) is 2.89. The van der Waals surface area contributed by atoms with E-state index >= 15 is 0 Å². The van der Waals surface area contributed by atoms with E-state index in [0.29, 0.717) is 11.1 Å². The standard InChI is InChI=1S/C17H11FN2/c18-16-7-3-1-5-14(16)12(10-19)9-13-11-20-17-8-4-2-6-15(13)17/h1-9,11,20H/b12-9-. The van der Waals surface area contributed by atoms with Crippen molar-refractivity contribution in [2.75, 3.05) is 0 Å². The molecule has 2 nitrogen and oxygen atoms in total. The molecule has 0 aliphatic rings. The molecule has 1 heterocycles. The number of para-hydroxylation sites is 1. The minimum absolute atomic E-state index is 0.313. The Labute approximate surface area is 115 Å². The Morgan fingerprint density at radius 2 is 1.85 bits per heavy atom. The number of halogens is 1. The van der Waals surface area contributed by atoms with Crippen LogP contribution in [-0.2, 0) is 0 Å². The normalized spacial score (nSPS) is 11.5. The van der Waals surface area contributed by atoms with Gasteiger partial charge in [-0.2, -0.15) is 5.26 Å². The average molecular weight is 262 g/mol. The summed E-state index contributed by atoms with van der Waals surface area (Å²) in [5.41, 5.74) is 2.50. The van der Waals surface area contributed by atoms with E-state index in [2.05, 4.69) is 11.1 Å². The second kappa shape index (κ2) is 5.02. The summed E-state index contributed by atoms with van der Waals surface area (Å²) in [6.07, 6.45) is 3.53. The first kappa shape index (κ1) is 12.2. The number of benzene rings is 2. The largest absolute Gasteiger partial charge is 0.361 e. The van der Waals surface area contributed by atoms with E-state index in [9.17, 15) is 9.65 Å². The molecule has 1 aromatic heterocycles. The van der Waals surface area contributed by atoms with Crippen LogP contribution in [0.1, 0.15) is 11.1 Å². The highest BCUT2D eigenvalue weighted by atomic mass is 19.1. The van der Waals surface area contributed by atoms with Gasteiger partial charge < -0.3 is 4.98 Å². The molecule has 0 atom stereocenters. The van der Waals surface area contributed by atoms with Crippen LogP contribution in [0.15, 0.2) is 54.7 Å². The number of fused-ring (bicyclic) bond motifs is 1. The summed E-state index contributed by atoms with van der Waals surface area (Å²) in [6, 6.07) is 16.2. The van der Waals surface area contributed by atoms with E-state index in [0.717, 1.165) is 16.5 Å². The molecule has 0 unspecified atom stereocenters.